The van der Waals surface area contributed by atoms with Crippen LogP contribution in [0.5, 0.6) is 0 Å². The second-order valence-corrected chi connectivity index (χ2v) is 7.23. The van der Waals surface area contributed by atoms with Gasteiger partial charge in [-0.15, -0.1) is 35.3 Å². The quantitative estimate of drug-likeness (QED) is 0.392. The van der Waals surface area contributed by atoms with Crippen LogP contribution < -0.4 is 15.5 Å². The number of nitrogens with zero attached hydrogens (tertiary/aromatic N) is 2. The molecule has 0 saturated carbocycles. The van der Waals surface area contributed by atoms with Crippen LogP contribution in [0.4, 0.5) is 5.00 Å². The first kappa shape index (κ1) is 20.5. The monoisotopic (exact) mass is 450 g/mol. The number of rotatable bonds is 6. The van der Waals surface area contributed by atoms with Gasteiger partial charge < -0.3 is 15.5 Å². The third-order valence-corrected chi connectivity index (χ3v) is 4.90. The van der Waals surface area contributed by atoms with E-state index in [0.29, 0.717) is 12.0 Å². The summed E-state index contributed by atoms with van der Waals surface area (Å²) < 4.78 is 0. The number of guanidine groups is 1. The van der Waals surface area contributed by atoms with Gasteiger partial charge in [-0.1, -0.05) is 13.8 Å². The van der Waals surface area contributed by atoms with Gasteiger partial charge in [0.25, 0.3) is 0 Å². The highest BCUT2D eigenvalue weighted by atomic mass is 127. The Morgan fingerprint density at radius 2 is 2.13 bits per heavy atom. The lowest BCUT2D eigenvalue weighted by Crippen LogP contribution is -2.48. The van der Waals surface area contributed by atoms with E-state index in [0.717, 1.165) is 38.6 Å². The standard InChI is InChI=1S/C17H30N4S.HI/c1-4-18-17(19-10-7-14(2)3)20-15-8-11-21(12-9-15)16-6-5-13-22-16;/h5-6,13-15H,4,7-12H2,1-3H3,(H2,18,19,20);1H. The predicted octanol–water partition coefficient (Wildman–Crippen LogP) is 3.94. The van der Waals surface area contributed by atoms with Gasteiger partial charge in [-0.05, 0) is 49.6 Å². The van der Waals surface area contributed by atoms with Crippen molar-refractivity contribution in [1.29, 1.82) is 0 Å². The Hall–Kier alpha value is -0.500. The van der Waals surface area contributed by atoms with E-state index in [1.54, 1.807) is 0 Å². The average Bonchev–Trinajstić information content (AvgIpc) is 3.02. The zero-order valence-electron chi connectivity index (χ0n) is 14.5. The SMILES string of the molecule is CCNC(=NCCC(C)C)NC1CCN(c2cccs2)CC1.I. The van der Waals surface area contributed by atoms with E-state index in [-0.39, 0.29) is 24.0 Å². The van der Waals surface area contributed by atoms with Crippen molar-refractivity contribution in [3.8, 4) is 0 Å². The smallest absolute Gasteiger partial charge is 0.191 e. The highest BCUT2D eigenvalue weighted by Gasteiger charge is 2.20. The van der Waals surface area contributed by atoms with Crippen molar-refractivity contribution >= 4 is 46.3 Å². The van der Waals surface area contributed by atoms with Crippen LogP contribution in [0.1, 0.15) is 40.0 Å². The Bertz CT molecular complexity index is 439. The Balaban J connectivity index is 0.00000264. The molecule has 1 aromatic rings. The zero-order valence-corrected chi connectivity index (χ0v) is 17.7. The second kappa shape index (κ2) is 11.1. The van der Waals surface area contributed by atoms with Crippen molar-refractivity contribution in [2.75, 3.05) is 31.1 Å². The number of piperidine rings is 1. The van der Waals surface area contributed by atoms with Gasteiger partial charge >= 0.3 is 0 Å². The molecule has 0 atom stereocenters. The third kappa shape index (κ3) is 7.28. The lowest BCUT2D eigenvalue weighted by molar-refractivity contribution is 0.462. The summed E-state index contributed by atoms with van der Waals surface area (Å²) in [5, 5.41) is 10.5. The van der Waals surface area contributed by atoms with Crippen LogP contribution in [-0.4, -0.2) is 38.2 Å². The Kier molecular flexibility index (Phi) is 9.94. The Morgan fingerprint density at radius 3 is 2.70 bits per heavy atom. The fraction of sp³-hybridized carbons (Fsp3) is 0.706. The van der Waals surface area contributed by atoms with E-state index in [1.165, 1.54) is 17.8 Å². The lowest BCUT2D eigenvalue weighted by atomic mass is 10.1. The molecular formula is C17H31IN4S. The molecule has 1 saturated heterocycles. The fourth-order valence-electron chi connectivity index (χ4n) is 2.64. The molecule has 132 valence electrons. The summed E-state index contributed by atoms with van der Waals surface area (Å²) in [7, 11) is 0. The number of aliphatic imine (C=N–C) groups is 1. The molecule has 0 unspecified atom stereocenters. The molecule has 4 nitrogen and oxygen atoms in total. The number of halogens is 1. The molecular weight excluding hydrogens is 419 g/mol. The number of hydrogen-bond donors (Lipinski definition) is 2. The third-order valence-electron chi connectivity index (χ3n) is 3.97. The van der Waals surface area contributed by atoms with Crippen molar-refractivity contribution in [3.05, 3.63) is 17.5 Å². The molecule has 1 fully saturated rings. The molecule has 0 radical (unpaired) electrons. The van der Waals surface area contributed by atoms with E-state index in [1.807, 2.05) is 11.3 Å². The van der Waals surface area contributed by atoms with E-state index in [9.17, 15) is 0 Å². The molecule has 2 rings (SSSR count). The number of hydrogen-bond acceptors (Lipinski definition) is 3. The number of nitrogens with one attached hydrogen (secondary N) is 2. The molecule has 1 aromatic heterocycles. The van der Waals surface area contributed by atoms with Crippen LogP contribution in [0.3, 0.4) is 0 Å². The van der Waals surface area contributed by atoms with Crippen molar-refractivity contribution < 1.29 is 0 Å². The highest BCUT2D eigenvalue weighted by Crippen LogP contribution is 2.24. The summed E-state index contributed by atoms with van der Waals surface area (Å²) in [6.07, 6.45) is 3.49. The first-order valence-electron chi connectivity index (χ1n) is 8.52. The van der Waals surface area contributed by atoms with Crippen LogP contribution in [0.15, 0.2) is 22.5 Å². The van der Waals surface area contributed by atoms with E-state index < -0.39 is 0 Å². The topological polar surface area (TPSA) is 39.7 Å². The molecule has 23 heavy (non-hydrogen) atoms. The first-order valence-corrected chi connectivity index (χ1v) is 9.40. The molecule has 0 aliphatic carbocycles. The van der Waals surface area contributed by atoms with Gasteiger partial charge in [0.15, 0.2) is 5.96 Å². The molecule has 0 bridgehead atoms. The van der Waals surface area contributed by atoms with Gasteiger partial charge in [0.05, 0.1) is 5.00 Å². The average molecular weight is 450 g/mol. The van der Waals surface area contributed by atoms with Crippen LogP contribution in [-0.2, 0) is 0 Å². The minimum atomic E-state index is 0. The molecule has 0 amide bonds. The van der Waals surface area contributed by atoms with Crippen molar-refractivity contribution in [2.24, 2.45) is 10.9 Å². The first-order chi connectivity index (χ1) is 10.7. The maximum atomic E-state index is 4.70. The summed E-state index contributed by atoms with van der Waals surface area (Å²) in [6.45, 7) is 10.7. The largest absolute Gasteiger partial charge is 0.363 e. The van der Waals surface area contributed by atoms with Crippen LogP contribution in [0.2, 0.25) is 0 Å². The number of anilines is 1. The van der Waals surface area contributed by atoms with E-state index in [2.05, 4.69) is 53.8 Å². The second-order valence-electron chi connectivity index (χ2n) is 6.30. The van der Waals surface area contributed by atoms with Crippen molar-refractivity contribution in [1.82, 2.24) is 10.6 Å². The Morgan fingerprint density at radius 1 is 1.39 bits per heavy atom. The van der Waals surface area contributed by atoms with Crippen LogP contribution >= 0.6 is 35.3 Å². The maximum Gasteiger partial charge on any atom is 0.191 e. The summed E-state index contributed by atoms with van der Waals surface area (Å²) in [6, 6.07) is 4.89. The minimum absolute atomic E-state index is 0. The highest BCUT2D eigenvalue weighted by molar-refractivity contribution is 14.0. The predicted molar refractivity (Wildman–Crippen MR) is 114 cm³/mol. The minimum Gasteiger partial charge on any atom is -0.363 e. The van der Waals surface area contributed by atoms with Crippen LogP contribution in [0, 0.1) is 5.92 Å². The molecule has 6 heteroatoms. The summed E-state index contributed by atoms with van der Waals surface area (Å²) in [4.78, 5) is 7.19. The van der Waals surface area contributed by atoms with Gasteiger partial charge in [0, 0.05) is 32.2 Å². The number of thiophene rings is 1. The van der Waals surface area contributed by atoms with Crippen molar-refractivity contribution in [3.63, 3.8) is 0 Å². The van der Waals surface area contributed by atoms with E-state index in [4.69, 9.17) is 4.99 Å². The zero-order chi connectivity index (χ0) is 15.8. The summed E-state index contributed by atoms with van der Waals surface area (Å²) in [5.41, 5.74) is 0. The molecule has 0 aromatic carbocycles. The van der Waals surface area contributed by atoms with Crippen molar-refractivity contribution in [2.45, 2.75) is 46.1 Å². The summed E-state index contributed by atoms with van der Waals surface area (Å²) >= 11 is 1.84. The van der Waals surface area contributed by atoms with E-state index >= 15 is 0 Å². The molecule has 2 N–H and O–H groups in total. The lowest BCUT2D eigenvalue weighted by Gasteiger charge is -2.33. The summed E-state index contributed by atoms with van der Waals surface area (Å²) in [5.74, 6) is 1.69. The van der Waals surface area contributed by atoms with Gasteiger partial charge in [-0.2, -0.15) is 0 Å². The van der Waals surface area contributed by atoms with Gasteiger partial charge in [0.1, 0.15) is 0 Å². The molecule has 1 aliphatic rings. The van der Waals surface area contributed by atoms with Gasteiger partial charge in [-0.3, -0.25) is 4.99 Å². The van der Waals surface area contributed by atoms with Gasteiger partial charge in [-0.25, -0.2) is 0 Å². The Labute approximate surface area is 162 Å². The molecule has 1 aliphatic heterocycles. The van der Waals surface area contributed by atoms with Gasteiger partial charge in [0.2, 0.25) is 0 Å². The molecule has 2 heterocycles. The van der Waals surface area contributed by atoms with Crippen LogP contribution in [0.25, 0.3) is 0 Å². The fourth-order valence-corrected chi connectivity index (χ4v) is 3.43. The normalized spacial score (nSPS) is 16.3. The maximum absolute atomic E-state index is 4.70. The molecule has 0 spiro atoms.